The van der Waals surface area contributed by atoms with E-state index in [1.54, 1.807) is 17.2 Å². The van der Waals surface area contributed by atoms with Gasteiger partial charge in [0.1, 0.15) is 18.2 Å². The van der Waals surface area contributed by atoms with Crippen LogP contribution in [0.1, 0.15) is 45.5 Å². The number of hydrogen-bond acceptors (Lipinski definition) is 5. The number of nitrogens with zero attached hydrogens (tertiary/aromatic N) is 3. The zero-order chi connectivity index (χ0) is 27.5. The molecule has 1 saturated heterocycles. The number of pyridine rings is 1. The maximum Gasteiger partial charge on any atom is 0.410 e. The Bertz CT molecular complexity index is 1300. The van der Waals surface area contributed by atoms with Crippen molar-refractivity contribution in [2.24, 2.45) is 0 Å². The highest BCUT2D eigenvalue weighted by molar-refractivity contribution is 6.76. The highest BCUT2D eigenvalue weighted by Crippen LogP contribution is 2.35. The lowest BCUT2D eigenvalue weighted by atomic mass is 10.0. The van der Waals surface area contributed by atoms with Gasteiger partial charge in [0.05, 0.1) is 17.9 Å². The molecule has 3 aromatic rings. The molecular formula is C29H40N4O4Si. The third-order valence-corrected chi connectivity index (χ3v) is 8.28. The van der Waals surface area contributed by atoms with Gasteiger partial charge in [-0.1, -0.05) is 43.9 Å². The normalized spacial score (nSPS) is 16.2. The van der Waals surface area contributed by atoms with Crippen LogP contribution < -0.4 is 5.56 Å². The van der Waals surface area contributed by atoms with E-state index in [-0.39, 0.29) is 17.7 Å². The lowest BCUT2D eigenvalue weighted by Gasteiger charge is -2.29. The van der Waals surface area contributed by atoms with Crippen molar-refractivity contribution in [2.75, 3.05) is 13.2 Å². The maximum atomic E-state index is 13.0. The van der Waals surface area contributed by atoms with E-state index in [1.807, 2.05) is 57.3 Å². The first kappa shape index (κ1) is 27.9. The number of benzene rings is 1. The fourth-order valence-corrected chi connectivity index (χ4v) is 5.34. The van der Waals surface area contributed by atoms with Gasteiger partial charge in [0, 0.05) is 33.5 Å². The number of H-pyrrole nitrogens is 1. The molecule has 1 aliphatic heterocycles. The molecule has 8 nitrogen and oxygen atoms in total. The lowest BCUT2D eigenvalue weighted by Crippen LogP contribution is -2.37. The standard InChI is InChI=1S/C29H40N4O4Si/c1-29(2,3)37-28(35)32-15-7-8-24(32)27-31-19-25(33(27)20-36-16-17-38(4,5)6)22-11-9-21(10-12-22)23-13-14-30-26(34)18-23/h9-14,18-19,24H,7-8,15-17,20H2,1-6H3,(H,30,34). The number of likely N-dealkylation sites (tertiary alicyclic amines) is 1. The Morgan fingerprint density at radius 3 is 2.47 bits per heavy atom. The number of amides is 1. The van der Waals surface area contributed by atoms with Crippen LogP contribution >= 0.6 is 0 Å². The van der Waals surface area contributed by atoms with E-state index in [9.17, 15) is 9.59 Å². The van der Waals surface area contributed by atoms with Crippen molar-refractivity contribution in [3.8, 4) is 22.4 Å². The Kier molecular flexibility index (Phi) is 8.27. The number of carbonyl (C=O) groups is 1. The van der Waals surface area contributed by atoms with Gasteiger partial charge >= 0.3 is 6.09 Å². The monoisotopic (exact) mass is 536 g/mol. The summed E-state index contributed by atoms with van der Waals surface area (Å²) in [5.74, 6) is 0.815. The van der Waals surface area contributed by atoms with Crippen molar-refractivity contribution in [3.05, 3.63) is 65.0 Å². The van der Waals surface area contributed by atoms with Crippen molar-refractivity contribution >= 4 is 14.2 Å². The van der Waals surface area contributed by atoms with Crippen molar-refractivity contribution in [2.45, 2.75) is 77.7 Å². The number of aromatic nitrogens is 3. The first-order valence-corrected chi connectivity index (χ1v) is 17.0. The molecular weight excluding hydrogens is 496 g/mol. The minimum atomic E-state index is -1.23. The predicted molar refractivity (Wildman–Crippen MR) is 153 cm³/mol. The maximum absolute atomic E-state index is 13.0. The number of rotatable bonds is 8. The summed E-state index contributed by atoms with van der Waals surface area (Å²) in [6, 6.07) is 12.5. The molecule has 3 heterocycles. The van der Waals surface area contributed by atoms with E-state index in [4.69, 9.17) is 14.5 Å². The number of hydrogen-bond donors (Lipinski definition) is 1. The van der Waals surface area contributed by atoms with E-state index < -0.39 is 13.7 Å². The first-order chi connectivity index (χ1) is 17.9. The summed E-state index contributed by atoms with van der Waals surface area (Å²) in [5.41, 5.74) is 3.06. The van der Waals surface area contributed by atoms with Crippen LogP contribution in [0.3, 0.4) is 0 Å². The molecule has 1 atom stereocenters. The van der Waals surface area contributed by atoms with Crippen LogP contribution in [0.25, 0.3) is 22.4 Å². The number of ether oxygens (including phenoxy) is 2. The van der Waals surface area contributed by atoms with Gasteiger partial charge in [-0.2, -0.15) is 0 Å². The van der Waals surface area contributed by atoms with E-state index in [1.165, 1.54) is 0 Å². The van der Waals surface area contributed by atoms with Gasteiger partial charge in [-0.3, -0.25) is 9.69 Å². The molecule has 4 rings (SSSR count). The summed E-state index contributed by atoms with van der Waals surface area (Å²) in [7, 11) is -1.23. The van der Waals surface area contributed by atoms with Crippen LogP contribution in [0, 0.1) is 0 Å². The molecule has 204 valence electrons. The average molecular weight is 537 g/mol. The van der Waals surface area contributed by atoms with Crippen LogP contribution in [-0.4, -0.2) is 52.4 Å². The Labute approximate surface area is 226 Å². The minimum absolute atomic E-state index is 0.129. The van der Waals surface area contributed by atoms with Crippen molar-refractivity contribution < 1.29 is 14.3 Å². The summed E-state index contributed by atoms with van der Waals surface area (Å²) in [4.78, 5) is 34.0. The Morgan fingerprint density at radius 1 is 1.11 bits per heavy atom. The molecule has 0 aliphatic carbocycles. The molecule has 0 spiro atoms. The molecule has 0 radical (unpaired) electrons. The Hall–Kier alpha value is -3.17. The van der Waals surface area contributed by atoms with Gasteiger partial charge in [0.15, 0.2) is 0 Å². The van der Waals surface area contributed by atoms with Crippen molar-refractivity contribution in [3.63, 3.8) is 0 Å². The van der Waals surface area contributed by atoms with Crippen LogP contribution in [0.15, 0.2) is 53.6 Å². The van der Waals surface area contributed by atoms with Gasteiger partial charge < -0.3 is 19.0 Å². The SMILES string of the molecule is CC(C)(C)OC(=O)N1CCCC1c1ncc(-c2ccc(-c3cc[nH]c(=O)c3)cc2)n1COCC[Si](C)(C)C. The Morgan fingerprint density at radius 2 is 1.82 bits per heavy atom. The van der Waals surface area contributed by atoms with E-state index >= 15 is 0 Å². The fourth-order valence-electron chi connectivity index (χ4n) is 4.59. The Balaban J connectivity index is 1.64. The van der Waals surface area contributed by atoms with E-state index in [2.05, 4.69) is 29.2 Å². The summed E-state index contributed by atoms with van der Waals surface area (Å²) in [6.45, 7) is 14.4. The summed E-state index contributed by atoms with van der Waals surface area (Å²) < 4.78 is 14.0. The molecule has 2 aromatic heterocycles. The second-order valence-electron chi connectivity index (χ2n) is 12.1. The van der Waals surface area contributed by atoms with Crippen LogP contribution in [0.4, 0.5) is 4.79 Å². The third-order valence-electron chi connectivity index (χ3n) is 6.57. The van der Waals surface area contributed by atoms with Gasteiger partial charge in [-0.25, -0.2) is 9.78 Å². The predicted octanol–water partition coefficient (Wildman–Crippen LogP) is 6.29. The molecule has 0 bridgehead atoms. The molecule has 9 heteroatoms. The van der Waals surface area contributed by atoms with Crippen LogP contribution in [0.2, 0.25) is 25.7 Å². The molecule has 0 saturated carbocycles. The van der Waals surface area contributed by atoms with Crippen molar-refractivity contribution in [1.82, 2.24) is 19.4 Å². The number of nitrogens with one attached hydrogen (secondary N) is 1. The van der Waals surface area contributed by atoms with Crippen LogP contribution in [-0.2, 0) is 16.2 Å². The van der Waals surface area contributed by atoms with Gasteiger partial charge in [0.25, 0.3) is 0 Å². The lowest BCUT2D eigenvalue weighted by molar-refractivity contribution is 0.0204. The zero-order valence-electron chi connectivity index (χ0n) is 23.4. The fraction of sp³-hybridized carbons (Fsp3) is 0.483. The number of carbonyl (C=O) groups excluding carboxylic acids is 1. The smallest absolute Gasteiger partial charge is 0.410 e. The summed E-state index contributed by atoms with van der Waals surface area (Å²) >= 11 is 0. The highest BCUT2D eigenvalue weighted by atomic mass is 28.3. The summed E-state index contributed by atoms with van der Waals surface area (Å²) in [6.07, 6.45) is 4.94. The van der Waals surface area contributed by atoms with Gasteiger partial charge in [-0.05, 0) is 62.4 Å². The summed E-state index contributed by atoms with van der Waals surface area (Å²) in [5, 5.41) is 0. The molecule has 1 aromatic carbocycles. The number of aromatic amines is 1. The number of imidazole rings is 1. The topological polar surface area (TPSA) is 89.5 Å². The molecule has 1 fully saturated rings. The minimum Gasteiger partial charge on any atom is -0.444 e. The molecule has 1 aliphatic rings. The van der Waals surface area contributed by atoms with Crippen molar-refractivity contribution in [1.29, 1.82) is 0 Å². The molecule has 38 heavy (non-hydrogen) atoms. The molecule has 1 unspecified atom stereocenters. The van der Waals surface area contributed by atoms with Gasteiger partial charge in [0.2, 0.25) is 5.56 Å². The highest BCUT2D eigenvalue weighted by Gasteiger charge is 2.36. The third kappa shape index (κ3) is 7.02. The molecule has 1 N–H and O–H groups in total. The molecule has 1 amide bonds. The van der Waals surface area contributed by atoms with Gasteiger partial charge in [-0.15, -0.1) is 0 Å². The quantitative estimate of drug-likeness (QED) is 0.270. The first-order valence-electron chi connectivity index (χ1n) is 13.3. The second kappa shape index (κ2) is 11.3. The van der Waals surface area contributed by atoms with E-state index in [0.717, 1.165) is 47.1 Å². The largest absolute Gasteiger partial charge is 0.444 e. The zero-order valence-corrected chi connectivity index (χ0v) is 24.4. The van der Waals surface area contributed by atoms with E-state index in [0.29, 0.717) is 19.9 Å². The average Bonchev–Trinajstić information content (AvgIpc) is 3.47. The second-order valence-corrected chi connectivity index (χ2v) is 17.7. The van der Waals surface area contributed by atoms with Crippen LogP contribution in [0.5, 0.6) is 0 Å².